The lowest BCUT2D eigenvalue weighted by Crippen LogP contribution is -2.35. The molecule has 2 amide bonds. The molecule has 152 valence electrons. The molecule has 0 aromatic heterocycles. The maximum Gasteiger partial charge on any atom is 0.243 e. The molecule has 6 heteroatoms. The van der Waals surface area contributed by atoms with Crippen molar-refractivity contribution >= 4 is 23.3 Å². The molecule has 0 saturated heterocycles. The Kier molecular flexibility index (Phi) is 6.75. The second-order valence-corrected chi connectivity index (χ2v) is 7.42. The van der Waals surface area contributed by atoms with Gasteiger partial charge in [-0.2, -0.15) is 0 Å². The second-order valence-electron chi connectivity index (χ2n) is 7.42. The maximum absolute atomic E-state index is 12.9. The molecule has 0 aliphatic heterocycles. The van der Waals surface area contributed by atoms with Crippen molar-refractivity contribution in [3.63, 3.8) is 0 Å². The van der Waals surface area contributed by atoms with Crippen molar-refractivity contribution in [2.45, 2.75) is 38.5 Å². The highest BCUT2D eigenvalue weighted by Gasteiger charge is 2.17. The van der Waals surface area contributed by atoms with Gasteiger partial charge in [-0.05, 0) is 67.1 Å². The number of halogens is 1. The molecule has 0 atom stereocenters. The average Bonchev–Trinajstić information content (AvgIpc) is 2.72. The Labute approximate surface area is 169 Å². The van der Waals surface area contributed by atoms with Gasteiger partial charge in [-0.15, -0.1) is 0 Å². The minimum absolute atomic E-state index is 0.0518. The summed E-state index contributed by atoms with van der Waals surface area (Å²) in [6, 6.07) is 11.2. The van der Waals surface area contributed by atoms with E-state index in [2.05, 4.69) is 5.32 Å². The average molecular weight is 396 g/mol. The van der Waals surface area contributed by atoms with Gasteiger partial charge in [-0.1, -0.05) is 12.1 Å². The van der Waals surface area contributed by atoms with Gasteiger partial charge in [0.1, 0.15) is 5.82 Å². The third-order valence-electron chi connectivity index (χ3n) is 5.17. The van der Waals surface area contributed by atoms with Crippen molar-refractivity contribution in [1.82, 2.24) is 4.90 Å². The number of nitrogens with zero attached hydrogens (tertiary/aromatic N) is 1. The van der Waals surface area contributed by atoms with Crippen molar-refractivity contribution in [2.24, 2.45) is 0 Å². The molecule has 29 heavy (non-hydrogen) atoms. The van der Waals surface area contributed by atoms with Crippen molar-refractivity contribution in [1.29, 1.82) is 0 Å². The molecule has 0 bridgehead atoms. The third-order valence-corrected chi connectivity index (χ3v) is 5.17. The normalized spacial score (nSPS) is 12.8. The number of Topliss-reactive ketones (excluding diaryl/α,β-unsaturated/α-hetero) is 1. The molecular weight excluding hydrogens is 371 g/mol. The maximum atomic E-state index is 12.9. The quantitative estimate of drug-likeness (QED) is 0.725. The van der Waals surface area contributed by atoms with E-state index in [-0.39, 0.29) is 42.8 Å². The van der Waals surface area contributed by atoms with E-state index in [1.165, 1.54) is 53.8 Å². The van der Waals surface area contributed by atoms with Crippen LogP contribution in [-0.4, -0.2) is 36.1 Å². The summed E-state index contributed by atoms with van der Waals surface area (Å²) >= 11 is 0. The van der Waals surface area contributed by atoms with Crippen molar-refractivity contribution in [2.75, 3.05) is 18.9 Å². The third kappa shape index (κ3) is 5.73. The largest absolute Gasteiger partial charge is 0.336 e. The van der Waals surface area contributed by atoms with Gasteiger partial charge in [0.25, 0.3) is 0 Å². The summed E-state index contributed by atoms with van der Waals surface area (Å²) in [5.74, 6) is -1.10. The topological polar surface area (TPSA) is 66.5 Å². The summed E-state index contributed by atoms with van der Waals surface area (Å²) in [5, 5.41) is 2.61. The number of ketones is 1. The fourth-order valence-electron chi connectivity index (χ4n) is 3.50. The summed E-state index contributed by atoms with van der Waals surface area (Å²) < 4.78 is 12.9. The predicted octanol–water partition coefficient (Wildman–Crippen LogP) is 3.76. The van der Waals surface area contributed by atoms with Gasteiger partial charge in [0.2, 0.25) is 11.8 Å². The predicted molar refractivity (Wildman–Crippen MR) is 109 cm³/mol. The Bertz CT molecular complexity index is 909. The van der Waals surface area contributed by atoms with Gasteiger partial charge in [0, 0.05) is 31.1 Å². The molecule has 0 heterocycles. The Morgan fingerprint density at radius 2 is 1.66 bits per heavy atom. The van der Waals surface area contributed by atoms with E-state index in [0.29, 0.717) is 11.3 Å². The SMILES string of the molecule is CN(CC(=O)Nc1ccc(F)cc1)C(=O)CCC(=O)c1ccc2c(c1)CCCC2. The number of carbonyl (C=O) groups is 3. The number of aryl methyl sites for hydroxylation is 2. The smallest absolute Gasteiger partial charge is 0.243 e. The zero-order chi connectivity index (χ0) is 20.8. The van der Waals surface area contributed by atoms with E-state index < -0.39 is 0 Å². The molecule has 1 aliphatic carbocycles. The fourth-order valence-corrected chi connectivity index (χ4v) is 3.50. The van der Waals surface area contributed by atoms with Crippen LogP contribution in [0.1, 0.15) is 47.2 Å². The molecule has 0 saturated carbocycles. The van der Waals surface area contributed by atoms with Gasteiger partial charge in [0.15, 0.2) is 5.78 Å². The van der Waals surface area contributed by atoms with E-state index in [1.807, 2.05) is 18.2 Å². The highest BCUT2D eigenvalue weighted by atomic mass is 19.1. The second kappa shape index (κ2) is 9.45. The van der Waals surface area contributed by atoms with Crippen LogP contribution >= 0.6 is 0 Å². The Morgan fingerprint density at radius 3 is 2.38 bits per heavy atom. The van der Waals surface area contributed by atoms with Gasteiger partial charge in [0.05, 0.1) is 6.54 Å². The number of likely N-dealkylation sites (N-methyl/N-ethyl adjacent to an activating group) is 1. The minimum Gasteiger partial charge on any atom is -0.336 e. The number of amides is 2. The molecule has 2 aromatic rings. The number of carbonyl (C=O) groups excluding carboxylic acids is 3. The lowest BCUT2D eigenvalue weighted by Gasteiger charge is -2.17. The van der Waals surface area contributed by atoms with E-state index in [9.17, 15) is 18.8 Å². The fraction of sp³-hybridized carbons (Fsp3) is 0.348. The standard InChI is InChI=1S/C23H25FN2O3/c1-26(15-22(28)25-20-10-8-19(24)9-11-20)23(29)13-12-21(27)18-7-6-16-4-2-3-5-17(16)14-18/h6-11,14H,2-5,12-13,15H2,1H3,(H,25,28). The van der Waals surface area contributed by atoms with E-state index in [4.69, 9.17) is 0 Å². The number of benzene rings is 2. The number of hydrogen-bond donors (Lipinski definition) is 1. The molecule has 1 N–H and O–H groups in total. The van der Waals surface area contributed by atoms with Crippen molar-refractivity contribution in [3.05, 3.63) is 65.0 Å². The molecule has 3 rings (SSSR count). The number of hydrogen-bond acceptors (Lipinski definition) is 3. The molecule has 2 aromatic carbocycles. The van der Waals surface area contributed by atoms with Crippen LogP contribution in [-0.2, 0) is 22.4 Å². The molecule has 0 fully saturated rings. The molecule has 0 radical (unpaired) electrons. The first-order valence-corrected chi connectivity index (χ1v) is 9.87. The van der Waals surface area contributed by atoms with Crippen LogP contribution in [0.2, 0.25) is 0 Å². The van der Waals surface area contributed by atoms with E-state index in [1.54, 1.807) is 0 Å². The lowest BCUT2D eigenvalue weighted by atomic mass is 9.89. The van der Waals surface area contributed by atoms with Gasteiger partial charge >= 0.3 is 0 Å². The first-order valence-electron chi connectivity index (χ1n) is 9.87. The number of nitrogens with one attached hydrogen (secondary N) is 1. The Balaban J connectivity index is 1.47. The van der Waals surface area contributed by atoms with E-state index in [0.717, 1.165) is 19.3 Å². The first-order chi connectivity index (χ1) is 13.9. The van der Waals surface area contributed by atoms with Crippen LogP contribution < -0.4 is 5.32 Å². The summed E-state index contributed by atoms with van der Waals surface area (Å²) in [4.78, 5) is 38.1. The summed E-state index contributed by atoms with van der Waals surface area (Å²) in [7, 11) is 1.52. The van der Waals surface area contributed by atoms with Crippen molar-refractivity contribution < 1.29 is 18.8 Å². The zero-order valence-electron chi connectivity index (χ0n) is 16.5. The van der Waals surface area contributed by atoms with Crippen LogP contribution in [0.3, 0.4) is 0 Å². The monoisotopic (exact) mass is 396 g/mol. The molecular formula is C23H25FN2O3. The van der Waals surface area contributed by atoms with Gasteiger partial charge in [-0.3, -0.25) is 14.4 Å². The van der Waals surface area contributed by atoms with Crippen LogP contribution in [0.25, 0.3) is 0 Å². The van der Waals surface area contributed by atoms with E-state index >= 15 is 0 Å². The van der Waals surface area contributed by atoms with Crippen molar-refractivity contribution in [3.8, 4) is 0 Å². The first kappa shape index (κ1) is 20.7. The zero-order valence-corrected chi connectivity index (χ0v) is 16.5. The van der Waals surface area contributed by atoms with Crippen LogP contribution in [0.15, 0.2) is 42.5 Å². The molecule has 0 spiro atoms. The Morgan fingerprint density at radius 1 is 0.966 bits per heavy atom. The summed E-state index contributed by atoms with van der Waals surface area (Å²) in [6.07, 6.45) is 4.57. The number of fused-ring (bicyclic) bond motifs is 1. The molecule has 5 nitrogen and oxygen atoms in total. The lowest BCUT2D eigenvalue weighted by molar-refractivity contribution is -0.133. The number of anilines is 1. The minimum atomic E-state index is -0.390. The van der Waals surface area contributed by atoms with Gasteiger partial charge < -0.3 is 10.2 Å². The van der Waals surface area contributed by atoms with Gasteiger partial charge in [-0.25, -0.2) is 4.39 Å². The highest BCUT2D eigenvalue weighted by molar-refractivity contribution is 5.99. The Hall–Kier alpha value is -3.02. The van der Waals surface area contributed by atoms with Crippen LogP contribution in [0, 0.1) is 5.82 Å². The number of rotatable bonds is 7. The molecule has 0 unspecified atom stereocenters. The van der Waals surface area contributed by atoms with Crippen LogP contribution in [0.4, 0.5) is 10.1 Å². The van der Waals surface area contributed by atoms with Crippen LogP contribution in [0.5, 0.6) is 0 Å². The summed E-state index contributed by atoms with van der Waals surface area (Å²) in [6.45, 7) is -0.136. The molecule has 1 aliphatic rings. The highest BCUT2D eigenvalue weighted by Crippen LogP contribution is 2.23. The summed E-state index contributed by atoms with van der Waals surface area (Å²) in [5.41, 5.74) is 3.66.